The zero-order valence-corrected chi connectivity index (χ0v) is 10.9. The van der Waals surface area contributed by atoms with Crippen LogP contribution in [0.5, 0.6) is 0 Å². The Balaban J connectivity index is 2.82. The van der Waals surface area contributed by atoms with Crippen LogP contribution in [0.25, 0.3) is 0 Å². The molecule has 0 fully saturated rings. The SMILES string of the molecule is C=CCCC(C)(O)Cc1c(C)nn(C)c1Cl. The number of rotatable bonds is 5. The Morgan fingerprint density at radius 2 is 2.25 bits per heavy atom. The minimum absolute atomic E-state index is 0.527. The summed E-state index contributed by atoms with van der Waals surface area (Å²) in [5.74, 6) is 0. The van der Waals surface area contributed by atoms with Crippen molar-refractivity contribution in [3.8, 4) is 0 Å². The minimum Gasteiger partial charge on any atom is -0.390 e. The monoisotopic (exact) mass is 242 g/mol. The van der Waals surface area contributed by atoms with Gasteiger partial charge in [0, 0.05) is 19.0 Å². The lowest BCUT2D eigenvalue weighted by molar-refractivity contribution is 0.0522. The van der Waals surface area contributed by atoms with Gasteiger partial charge in [0.2, 0.25) is 0 Å². The smallest absolute Gasteiger partial charge is 0.130 e. The van der Waals surface area contributed by atoms with E-state index >= 15 is 0 Å². The number of aryl methyl sites for hydroxylation is 2. The van der Waals surface area contributed by atoms with Crippen LogP contribution in [-0.4, -0.2) is 20.5 Å². The molecule has 1 N–H and O–H groups in total. The summed E-state index contributed by atoms with van der Waals surface area (Å²) in [6.07, 6.45) is 3.82. The number of hydrogen-bond donors (Lipinski definition) is 1. The molecule has 1 unspecified atom stereocenters. The summed E-state index contributed by atoms with van der Waals surface area (Å²) in [6, 6.07) is 0. The molecule has 0 aromatic carbocycles. The second-order valence-electron chi connectivity index (χ2n) is 4.48. The molecule has 0 amide bonds. The molecule has 0 aliphatic heterocycles. The lowest BCUT2D eigenvalue weighted by Crippen LogP contribution is -2.27. The molecular weight excluding hydrogens is 224 g/mol. The van der Waals surface area contributed by atoms with Crippen LogP contribution in [0.15, 0.2) is 12.7 Å². The van der Waals surface area contributed by atoms with Gasteiger partial charge in [-0.1, -0.05) is 17.7 Å². The van der Waals surface area contributed by atoms with Gasteiger partial charge in [0.05, 0.1) is 11.3 Å². The first-order valence-electron chi connectivity index (χ1n) is 5.38. The molecule has 1 rings (SSSR count). The molecule has 0 bridgehead atoms. The average Bonchev–Trinajstić information content (AvgIpc) is 2.42. The summed E-state index contributed by atoms with van der Waals surface area (Å²) < 4.78 is 1.63. The Labute approximate surface area is 102 Å². The van der Waals surface area contributed by atoms with Crippen molar-refractivity contribution in [1.82, 2.24) is 9.78 Å². The quantitative estimate of drug-likeness (QED) is 0.807. The molecule has 0 spiro atoms. The maximum atomic E-state index is 10.2. The minimum atomic E-state index is -0.758. The highest BCUT2D eigenvalue weighted by Crippen LogP contribution is 2.26. The summed E-state index contributed by atoms with van der Waals surface area (Å²) in [5.41, 5.74) is 1.05. The number of aromatic nitrogens is 2. The van der Waals surface area contributed by atoms with Crippen molar-refractivity contribution < 1.29 is 5.11 Å². The van der Waals surface area contributed by atoms with Gasteiger partial charge < -0.3 is 5.11 Å². The molecule has 4 heteroatoms. The second kappa shape index (κ2) is 5.02. The fourth-order valence-electron chi connectivity index (χ4n) is 1.76. The van der Waals surface area contributed by atoms with Crippen LogP contribution in [0.1, 0.15) is 31.0 Å². The molecule has 1 atom stereocenters. The first-order valence-corrected chi connectivity index (χ1v) is 5.76. The molecule has 0 saturated heterocycles. The van der Waals surface area contributed by atoms with E-state index in [9.17, 15) is 5.11 Å². The molecule has 90 valence electrons. The summed E-state index contributed by atoms with van der Waals surface area (Å²) >= 11 is 6.12. The van der Waals surface area contributed by atoms with Crippen molar-refractivity contribution in [2.75, 3.05) is 0 Å². The Morgan fingerprint density at radius 3 is 2.69 bits per heavy atom. The third-order valence-electron chi connectivity index (χ3n) is 2.71. The van der Waals surface area contributed by atoms with E-state index < -0.39 is 5.60 Å². The lowest BCUT2D eigenvalue weighted by atomic mass is 9.92. The summed E-state index contributed by atoms with van der Waals surface area (Å²) in [5, 5.41) is 15.0. The molecular formula is C12H19ClN2O. The molecule has 1 aromatic heterocycles. The predicted octanol–water partition coefficient (Wildman–Crippen LogP) is 2.64. The van der Waals surface area contributed by atoms with Crippen LogP contribution < -0.4 is 0 Å². The van der Waals surface area contributed by atoms with Crippen LogP contribution in [0.2, 0.25) is 5.15 Å². The zero-order valence-electron chi connectivity index (χ0n) is 10.1. The maximum Gasteiger partial charge on any atom is 0.130 e. The van der Waals surface area contributed by atoms with Gasteiger partial charge in [-0.15, -0.1) is 6.58 Å². The van der Waals surface area contributed by atoms with Crippen LogP contribution in [0.4, 0.5) is 0 Å². The van der Waals surface area contributed by atoms with Crippen molar-refractivity contribution in [3.05, 3.63) is 29.1 Å². The highest BCUT2D eigenvalue weighted by Gasteiger charge is 2.24. The molecule has 1 aromatic rings. The number of hydrogen-bond acceptors (Lipinski definition) is 2. The van der Waals surface area contributed by atoms with Crippen molar-refractivity contribution in [2.45, 2.75) is 38.7 Å². The highest BCUT2D eigenvalue weighted by molar-refractivity contribution is 6.30. The molecule has 1 heterocycles. The van der Waals surface area contributed by atoms with Crippen LogP contribution in [-0.2, 0) is 13.5 Å². The number of halogens is 1. The Hall–Kier alpha value is -0.800. The van der Waals surface area contributed by atoms with Gasteiger partial charge in [-0.25, -0.2) is 0 Å². The summed E-state index contributed by atoms with van der Waals surface area (Å²) in [6.45, 7) is 7.38. The van der Waals surface area contributed by atoms with E-state index in [0.717, 1.165) is 17.7 Å². The third kappa shape index (κ3) is 3.09. The first-order chi connectivity index (χ1) is 7.37. The normalized spacial score (nSPS) is 14.8. The molecule has 3 nitrogen and oxygen atoms in total. The van der Waals surface area contributed by atoms with Gasteiger partial charge in [0.15, 0.2) is 0 Å². The summed E-state index contributed by atoms with van der Waals surface area (Å²) in [4.78, 5) is 0. The maximum absolute atomic E-state index is 10.2. The lowest BCUT2D eigenvalue weighted by Gasteiger charge is -2.22. The van der Waals surface area contributed by atoms with Crippen molar-refractivity contribution in [1.29, 1.82) is 0 Å². The van der Waals surface area contributed by atoms with Crippen LogP contribution in [0, 0.1) is 6.92 Å². The van der Waals surface area contributed by atoms with Gasteiger partial charge >= 0.3 is 0 Å². The topological polar surface area (TPSA) is 38.1 Å². The number of allylic oxidation sites excluding steroid dienone is 1. The van der Waals surface area contributed by atoms with Gasteiger partial charge in [0.25, 0.3) is 0 Å². The molecule has 0 radical (unpaired) electrons. The van der Waals surface area contributed by atoms with Gasteiger partial charge in [-0.2, -0.15) is 5.10 Å². The predicted molar refractivity (Wildman–Crippen MR) is 66.7 cm³/mol. The number of aliphatic hydroxyl groups is 1. The van der Waals surface area contributed by atoms with E-state index in [1.165, 1.54) is 0 Å². The van der Waals surface area contributed by atoms with Crippen LogP contribution in [0.3, 0.4) is 0 Å². The van der Waals surface area contributed by atoms with Gasteiger partial charge in [0.1, 0.15) is 5.15 Å². The van der Waals surface area contributed by atoms with E-state index in [4.69, 9.17) is 11.6 Å². The van der Waals surface area contributed by atoms with Crippen molar-refractivity contribution in [3.63, 3.8) is 0 Å². The van der Waals surface area contributed by atoms with E-state index in [1.54, 1.807) is 11.7 Å². The molecule has 0 aliphatic rings. The average molecular weight is 243 g/mol. The largest absolute Gasteiger partial charge is 0.390 e. The second-order valence-corrected chi connectivity index (χ2v) is 4.84. The van der Waals surface area contributed by atoms with Crippen LogP contribution >= 0.6 is 11.6 Å². The zero-order chi connectivity index (χ0) is 12.3. The van der Waals surface area contributed by atoms with E-state index in [2.05, 4.69) is 11.7 Å². The van der Waals surface area contributed by atoms with E-state index in [-0.39, 0.29) is 0 Å². The highest BCUT2D eigenvalue weighted by atomic mass is 35.5. The van der Waals surface area contributed by atoms with Gasteiger partial charge in [-0.05, 0) is 26.7 Å². The van der Waals surface area contributed by atoms with Crippen molar-refractivity contribution >= 4 is 11.6 Å². The Bertz CT molecular complexity index is 383. The van der Waals surface area contributed by atoms with E-state index in [1.807, 2.05) is 19.9 Å². The van der Waals surface area contributed by atoms with Gasteiger partial charge in [-0.3, -0.25) is 4.68 Å². The number of nitrogens with zero attached hydrogens (tertiary/aromatic N) is 2. The Kier molecular flexibility index (Phi) is 4.16. The third-order valence-corrected chi connectivity index (χ3v) is 3.19. The first kappa shape index (κ1) is 13.3. The van der Waals surface area contributed by atoms with E-state index in [0.29, 0.717) is 18.0 Å². The molecule has 0 saturated carbocycles. The standard InChI is InChI=1S/C12H19ClN2O/c1-5-6-7-12(3,16)8-10-9(2)14-15(4)11(10)13/h5,16H,1,6-8H2,2-4H3. The molecule has 0 aliphatic carbocycles. The Morgan fingerprint density at radius 1 is 1.62 bits per heavy atom. The van der Waals surface area contributed by atoms with Crippen molar-refractivity contribution in [2.24, 2.45) is 7.05 Å². The fraction of sp³-hybridized carbons (Fsp3) is 0.583. The fourth-order valence-corrected chi connectivity index (χ4v) is 2.00. The molecule has 16 heavy (non-hydrogen) atoms. The summed E-state index contributed by atoms with van der Waals surface area (Å²) in [7, 11) is 1.80.